The normalized spacial score (nSPS) is 10.5. The van der Waals surface area contributed by atoms with Crippen molar-refractivity contribution in [1.82, 2.24) is 0 Å². The van der Waals surface area contributed by atoms with E-state index in [1.54, 1.807) is 13.0 Å². The van der Waals surface area contributed by atoms with Crippen molar-refractivity contribution in [2.24, 2.45) is 0 Å². The van der Waals surface area contributed by atoms with Gasteiger partial charge in [-0.3, -0.25) is 4.79 Å². The molecule has 0 fully saturated rings. The van der Waals surface area contributed by atoms with Gasteiger partial charge in [0.05, 0.1) is 4.47 Å². The van der Waals surface area contributed by atoms with Crippen LogP contribution < -0.4 is 11.1 Å². The summed E-state index contributed by atoms with van der Waals surface area (Å²) in [7, 11) is 0. The van der Waals surface area contributed by atoms with E-state index in [9.17, 15) is 13.6 Å². The summed E-state index contributed by atoms with van der Waals surface area (Å²) in [6.45, 7) is 3.25. The highest BCUT2D eigenvalue weighted by atomic mass is 79.9. The van der Waals surface area contributed by atoms with Crippen LogP contribution in [0.2, 0.25) is 0 Å². The maximum atomic E-state index is 13.6. The minimum atomic E-state index is -0.557. The van der Waals surface area contributed by atoms with E-state index in [2.05, 4.69) is 21.2 Å². The van der Waals surface area contributed by atoms with Gasteiger partial charge < -0.3 is 11.1 Å². The lowest BCUT2D eigenvalue weighted by Gasteiger charge is -2.11. The summed E-state index contributed by atoms with van der Waals surface area (Å²) in [5.41, 5.74) is 7.20. The third-order valence-corrected chi connectivity index (χ3v) is 3.77. The molecule has 0 heterocycles. The molecule has 1 amide bonds. The molecule has 110 valence electrons. The fourth-order valence-electron chi connectivity index (χ4n) is 1.81. The zero-order chi connectivity index (χ0) is 15.7. The fraction of sp³-hybridized carbons (Fsp3) is 0.133. The van der Waals surface area contributed by atoms with Crippen LogP contribution in [0.1, 0.15) is 21.5 Å². The van der Waals surface area contributed by atoms with Crippen LogP contribution in [0.15, 0.2) is 28.7 Å². The number of nitrogens with two attached hydrogens (primary N) is 1. The minimum absolute atomic E-state index is 0.0818. The molecule has 21 heavy (non-hydrogen) atoms. The molecule has 0 unspecified atom stereocenters. The number of nitrogens with one attached hydrogen (secondary N) is 1. The average Bonchev–Trinajstić information content (AvgIpc) is 2.41. The largest absolute Gasteiger partial charge is 0.398 e. The topological polar surface area (TPSA) is 55.1 Å². The van der Waals surface area contributed by atoms with Crippen molar-refractivity contribution in [1.29, 1.82) is 0 Å². The molecule has 0 aliphatic heterocycles. The van der Waals surface area contributed by atoms with Gasteiger partial charge in [-0.1, -0.05) is 0 Å². The second-order valence-corrected chi connectivity index (χ2v) is 5.56. The zero-order valence-electron chi connectivity index (χ0n) is 11.4. The molecular formula is C15H13BrF2N2O. The summed E-state index contributed by atoms with van der Waals surface area (Å²) in [6, 6.07) is 5.24. The smallest absolute Gasteiger partial charge is 0.255 e. The van der Waals surface area contributed by atoms with Crippen LogP contribution in [0.4, 0.5) is 20.2 Å². The Balaban J connectivity index is 2.32. The lowest BCUT2D eigenvalue weighted by atomic mass is 10.1. The van der Waals surface area contributed by atoms with Gasteiger partial charge in [0.1, 0.15) is 11.6 Å². The van der Waals surface area contributed by atoms with E-state index in [1.807, 2.05) is 0 Å². The zero-order valence-corrected chi connectivity index (χ0v) is 13.0. The maximum Gasteiger partial charge on any atom is 0.255 e. The number of nitrogen functional groups attached to an aromatic ring is 1. The van der Waals surface area contributed by atoms with Gasteiger partial charge >= 0.3 is 0 Å². The number of hydrogen-bond acceptors (Lipinski definition) is 2. The minimum Gasteiger partial charge on any atom is -0.398 e. The number of amides is 1. The van der Waals surface area contributed by atoms with Crippen molar-refractivity contribution in [2.75, 3.05) is 11.1 Å². The van der Waals surface area contributed by atoms with Crippen molar-refractivity contribution >= 4 is 33.2 Å². The van der Waals surface area contributed by atoms with Crippen molar-refractivity contribution in [2.45, 2.75) is 13.8 Å². The van der Waals surface area contributed by atoms with Crippen molar-refractivity contribution in [3.63, 3.8) is 0 Å². The fourth-order valence-corrected chi connectivity index (χ4v) is 2.26. The van der Waals surface area contributed by atoms with Gasteiger partial charge in [-0.25, -0.2) is 8.78 Å². The van der Waals surface area contributed by atoms with E-state index in [1.165, 1.54) is 19.1 Å². The van der Waals surface area contributed by atoms with Gasteiger partial charge in [-0.15, -0.1) is 0 Å². The first-order valence-electron chi connectivity index (χ1n) is 6.12. The SMILES string of the molecule is Cc1cc(Br)c(F)cc1NC(=O)c1cc(N)c(C)c(F)c1. The average molecular weight is 355 g/mol. The molecule has 0 aliphatic rings. The molecule has 2 aromatic rings. The molecule has 0 radical (unpaired) electrons. The van der Waals surface area contributed by atoms with Crippen LogP contribution in [0.5, 0.6) is 0 Å². The van der Waals surface area contributed by atoms with Crippen LogP contribution in [0.25, 0.3) is 0 Å². The van der Waals surface area contributed by atoms with Crippen LogP contribution >= 0.6 is 15.9 Å². The molecule has 0 saturated carbocycles. The standard InChI is InChI=1S/C15H13BrF2N2O/c1-7-3-10(16)12(18)6-14(7)20-15(21)9-4-11(17)8(2)13(19)5-9/h3-6H,19H2,1-2H3,(H,20,21). The molecule has 0 bridgehead atoms. The van der Waals surface area contributed by atoms with E-state index in [0.29, 0.717) is 15.7 Å². The molecule has 0 atom stereocenters. The Labute approximate surface area is 129 Å². The highest BCUT2D eigenvalue weighted by Gasteiger charge is 2.13. The quantitative estimate of drug-likeness (QED) is 0.794. The summed E-state index contributed by atoms with van der Waals surface area (Å²) in [4.78, 5) is 12.1. The molecule has 6 heteroatoms. The monoisotopic (exact) mass is 354 g/mol. The van der Waals surface area contributed by atoms with Crippen LogP contribution in [0, 0.1) is 25.5 Å². The Hall–Kier alpha value is -1.95. The molecule has 0 spiro atoms. The first-order valence-corrected chi connectivity index (χ1v) is 6.91. The summed E-state index contributed by atoms with van der Waals surface area (Å²) in [5.74, 6) is -1.60. The number of rotatable bonds is 2. The molecule has 3 nitrogen and oxygen atoms in total. The predicted molar refractivity (Wildman–Crippen MR) is 82.3 cm³/mol. The third kappa shape index (κ3) is 3.21. The lowest BCUT2D eigenvalue weighted by Crippen LogP contribution is -2.14. The van der Waals surface area contributed by atoms with E-state index in [-0.39, 0.29) is 16.8 Å². The number of benzene rings is 2. The van der Waals surface area contributed by atoms with Gasteiger partial charge in [0, 0.05) is 22.5 Å². The molecule has 0 aliphatic carbocycles. The Bertz CT molecular complexity index is 709. The van der Waals surface area contributed by atoms with E-state index < -0.39 is 17.5 Å². The number of anilines is 2. The number of aryl methyl sites for hydroxylation is 1. The van der Waals surface area contributed by atoms with Gasteiger partial charge in [0.15, 0.2) is 0 Å². The van der Waals surface area contributed by atoms with E-state index in [4.69, 9.17) is 5.73 Å². The Kier molecular flexibility index (Phi) is 4.27. The van der Waals surface area contributed by atoms with Gasteiger partial charge in [0.2, 0.25) is 0 Å². The molecular weight excluding hydrogens is 342 g/mol. The lowest BCUT2D eigenvalue weighted by molar-refractivity contribution is 0.102. The van der Waals surface area contributed by atoms with Gasteiger partial charge in [0.25, 0.3) is 5.91 Å². The van der Waals surface area contributed by atoms with Crippen molar-refractivity contribution in [3.05, 3.63) is 57.1 Å². The molecule has 3 N–H and O–H groups in total. The summed E-state index contributed by atoms with van der Waals surface area (Å²) in [5, 5.41) is 2.55. The maximum absolute atomic E-state index is 13.6. The molecule has 0 saturated heterocycles. The summed E-state index contributed by atoms with van der Waals surface area (Å²) < 4.78 is 27.4. The van der Waals surface area contributed by atoms with E-state index in [0.717, 1.165) is 6.07 Å². The highest BCUT2D eigenvalue weighted by Crippen LogP contribution is 2.25. The summed E-state index contributed by atoms with van der Waals surface area (Å²) in [6.07, 6.45) is 0. The van der Waals surface area contributed by atoms with Gasteiger partial charge in [-0.2, -0.15) is 0 Å². The van der Waals surface area contributed by atoms with Crippen LogP contribution in [-0.2, 0) is 0 Å². The number of carbonyl (C=O) groups excluding carboxylic acids is 1. The van der Waals surface area contributed by atoms with Crippen LogP contribution in [-0.4, -0.2) is 5.91 Å². The number of carbonyl (C=O) groups is 1. The van der Waals surface area contributed by atoms with Crippen molar-refractivity contribution < 1.29 is 13.6 Å². The first kappa shape index (κ1) is 15.4. The molecule has 2 aromatic carbocycles. The predicted octanol–water partition coefficient (Wildman–Crippen LogP) is 4.18. The molecule has 0 aromatic heterocycles. The van der Waals surface area contributed by atoms with Crippen molar-refractivity contribution in [3.8, 4) is 0 Å². The third-order valence-electron chi connectivity index (χ3n) is 3.16. The second kappa shape index (κ2) is 5.81. The van der Waals surface area contributed by atoms with E-state index >= 15 is 0 Å². The van der Waals surface area contributed by atoms with Gasteiger partial charge in [-0.05, 0) is 59.6 Å². The first-order chi connectivity index (χ1) is 9.79. The number of hydrogen-bond donors (Lipinski definition) is 2. The Morgan fingerprint density at radius 1 is 1.14 bits per heavy atom. The molecule has 2 rings (SSSR count). The summed E-state index contributed by atoms with van der Waals surface area (Å²) >= 11 is 3.06. The Morgan fingerprint density at radius 2 is 1.81 bits per heavy atom. The number of halogens is 3. The Morgan fingerprint density at radius 3 is 2.43 bits per heavy atom. The van der Waals surface area contributed by atoms with Crippen LogP contribution in [0.3, 0.4) is 0 Å². The highest BCUT2D eigenvalue weighted by molar-refractivity contribution is 9.10. The second-order valence-electron chi connectivity index (χ2n) is 4.71.